The lowest BCUT2D eigenvalue weighted by Crippen LogP contribution is -2.39. The molecule has 0 N–H and O–H groups in total. The standard InChI is InChI=1S/C22H27FN4O/c1-16-9-13-27(14-10-16)22(28)19-15-24-20(17-5-7-18(23)8-6-17)25-21(19)26-11-3-2-4-12-26/h5-8,15-16H,2-4,9-14H2,1H3. The fourth-order valence-corrected chi connectivity index (χ4v) is 3.99. The second kappa shape index (κ2) is 8.25. The molecule has 0 radical (unpaired) electrons. The molecule has 0 unspecified atom stereocenters. The molecule has 2 aromatic rings. The second-order valence-corrected chi connectivity index (χ2v) is 7.96. The average molecular weight is 382 g/mol. The molecule has 2 fully saturated rings. The zero-order chi connectivity index (χ0) is 19.5. The van der Waals surface area contributed by atoms with E-state index in [0.717, 1.165) is 63.2 Å². The third-order valence-electron chi connectivity index (χ3n) is 5.83. The first kappa shape index (κ1) is 18.8. The number of piperidine rings is 2. The number of carbonyl (C=O) groups is 1. The molecule has 0 aliphatic carbocycles. The Balaban J connectivity index is 1.68. The molecule has 3 heterocycles. The van der Waals surface area contributed by atoms with Crippen molar-refractivity contribution in [1.29, 1.82) is 0 Å². The minimum Gasteiger partial charge on any atom is -0.356 e. The Bertz CT molecular complexity index is 825. The first-order valence-corrected chi connectivity index (χ1v) is 10.3. The van der Waals surface area contributed by atoms with Gasteiger partial charge in [-0.1, -0.05) is 6.92 Å². The average Bonchev–Trinajstić information content (AvgIpc) is 2.74. The number of likely N-dealkylation sites (tertiary alicyclic amines) is 1. The van der Waals surface area contributed by atoms with Gasteiger partial charge in [0, 0.05) is 37.9 Å². The molecule has 1 aromatic carbocycles. The molecule has 4 rings (SSSR count). The zero-order valence-corrected chi connectivity index (χ0v) is 16.4. The van der Waals surface area contributed by atoms with Gasteiger partial charge in [0.2, 0.25) is 0 Å². The molecule has 2 aliphatic heterocycles. The maximum Gasteiger partial charge on any atom is 0.259 e. The van der Waals surface area contributed by atoms with Gasteiger partial charge in [-0.2, -0.15) is 0 Å². The number of hydrogen-bond donors (Lipinski definition) is 0. The van der Waals surface area contributed by atoms with Gasteiger partial charge >= 0.3 is 0 Å². The van der Waals surface area contributed by atoms with Gasteiger partial charge < -0.3 is 9.80 Å². The van der Waals surface area contributed by atoms with Crippen LogP contribution >= 0.6 is 0 Å². The van der Waals surface area contributed by atoms with E-state index >= 15 is 0 Å². The summed E-state index contributed by atoms with van der Waals surface area (Å²) in [7, 11) is 0. The fourth-order valence-electron chi connectivity index (χ4n) is 3.99. The van der Waals surface area contributed by atoms with E-state index in [0.29, 0.717) is 17.3 Å². The summed E-state index contributed by atoms with van der Waals surface area (Å²) in [6.07, 6.45) is 7.16. The van der Waals surface area contributed by atoms with E-state index in [-0.39, 0.29) is 11.7 Å². The van der Waals surface area contributed by atoms with Crippen LogP contribution in [0.25, 0.3) is 11.4 Å². The molecule has 6 heteroatoms. The van der Waals surface area contributed by atoms with Gasteiger partial charge in [-0.3, -0.25) is 4.79 Å². The summed E-state index contributed by atoms with van der Waals surface area (Å²) in [6, 6.07) is 6.18. The van der Waals surface area contributed by atoms with Crippen LogP contribution in [0.3, 0.4) is 0 Å². The molecule has 5 nitrogen and oxygen atoms in total. The van der Waals surface area contributed by atoms with Crippen molar-refractivity contribution < 1.29 is 9.18 Å². The number of anilines is 1. The molecule has 0 saturated carbocycles. The van der Waals surface area contributed by atoms with E-state index in [1.807, 2.05) is 4.90 Å². The highest BCUT2D eigenvalue weighted by Gasteiger charge is 2.27. The van der Waals surface area contributed by atoms with Crippen molar-refractivity contribution in [3.05, 3.63) is 41.8 Å². The van der Waals surface area contributed by atoms with Crippen molar-refractivity contribution in [1.82, 2.24) is 14.9 Å². The minimum atomic E-state index is -0.286. The molecule has 0 bridgehead atoms. The molecular weight excluding hydrogens is 355 g/mol. The van der Waals surface area contributed by atoms with Crippen LogP contribution in [0, 0.1) is 11.7 Å². The van der Waals surface area contributed by atoms with E-state index in [9.17, 15) is 9.18 Å². The molecule has 148 valence electrons. The number of amides is 1. The van der Waals surface area contributed by atoms with E-state index in [1.165, 1.54) is 18.6 Å². The molecular formula is C22H27FN4O. The Morgan fingerprint density at radius 3 is 2.39 bits per heavy atom. The van der Waals surface area contributed by atoms with Gasteiger partial charge in [0.15, 0.2) is 5.82 Å². The maximum absolute atomic E-state index is 13.3. The highest BCUT2D eigenvalue weighted by atomic mass is 19.1. The molecule has 1 amide bonds. The summed E-state index contributed by atoms with van der Waals surface area (Å²) in [5.74, 6) is 1.66. The number of nitrogens with zero attached hydrogens (tertiary/aromatic N) is 4. The van der Waals surface area contributed by atoms with Crippen molar-refractivity contribution in [2.45, 2.75) is 39.0 Å². The van der Waals surface area contributed by atoms with Crippen LogP contribution < -0.4 is 4.90 Å². The predicted octanol–water partition coefficient (Wildman–Crippen LogP) is 4.15. The van der Waals surface area contributed by atoms with E-state index < -0.39 is 0 Å². The van der Waals surface area contributed by atoms with E-state index in [1.54, 1.807) is 18.3 Å². The van der Waals surface area contributed by atoms with Crippen molar-refractivity contribution in [3.8, 4) is 11.4 Å². The Labute approximate surface area is 165 Å². The summed E-state index contributed by atoms with van der Waals surface area (Å²) in [4.78, 5) is 26.6. The van der Waals surface area contributed by atoms with Crippen molar-refractivity contribution in [2.75, 3.05) is 31.1 Å². The van der Waals surface area contributed by atoms with Crippen LogP contribution in [0.1, 0.15) is 49.4 Å². The number of carbonyl (C=O) groups excluding carboxylic acids is 1. The topological polar surface area (TPSA) is 49.3 Å². The fraction of sp³-hybridized carbons (Fsp3) is 0.500. The van der Waals surface area contributed by atoms with E-state index in [2.05, 4.69) is 16.8 Å². The lowest BCUT2D eigenvalue weighted by atomic mass is 9.98. The molecule has 2 aliphatic rings. The van der Waals surface area contributed by atoms with Gasteiger partial charge in [0.25, 0.3) is 5.91 Å². The highest BCUT2D eigenvalue weighted by Crippen LogP contribution is 2.27. The number of aromatic nitrogens is 2. The van der Waals surface area contributed by atoms with Crippen LogP contribution in [0.4, 0.5) is 10.2 Å². The number of rotatable bonds is 3. The second-order valence-electron chi connectivity index (χ2n) is 7.96. The van der Waals surface area contributed by atoms with Crippen LogP contribution in [0.15, 0.2) is 30.5 Å². The first-order valence-electron chi connectivity index (χ1n) is 10.3. The third-order valence-corrected chi connectivity index (χ3v) is 5.83. The molecule has 0 spiro atoms. The monoisotopic (exact) mass is 382 g/mol. The summed E-state index contributed by atoms with van der Waals surface area (Å²) in [5.41, 5.74) is 1.34. The van der Waals surface area contributed by atoms with Crippen molar-refractivity contribution in [2.24, 2.45) is 5.92 Å². The number of hydrogen-bond acceptors (Lipinski definition) is 4. The minimum absolute atomic E-state index is 0.0260. The van der Waals surface area contributed by atoms with Gasteiger partial charge in [0.05, 0.1) is 0 Å². The summed E-state index contributed by atoms with van der Waals surface area (Å²) in [6.45, 7) is 5.62. The van der Waals surface area contributed by atoms with Gasteiger partial charge in [-0.05, 0) is 62.3 Å². The number of benzene rings is 1. The van der Waals surface area contributed by atoms with Crippen LogP contribution in [-0.2, 0) is 0 Å². The maximum atomic E-state index is 13.3. The van der Waals surface area contributed by atoms with Crippen LogP contribution in [0.5, 0.6) is 0 Å². The Morgan fingerprint density at radius 2 is 1.71 bits per heavy atom. The largest absolute Gasteiger partial charge is 0.356 e. The SMILES string of the molecule is CC1CCN(C(=O)c2cnc(-c3ccc(F)cc3)nc2N2CCCCC2)CC1. The Hall–Kier alpha value is -2.50. The van der Waals surface area contributed by atoms with Crippen molar-refractivity contribution in [3.63, 3.8) is 0 Å². The molecule has 28 heavy (non-hydrogen) atoms. The van der Waals surface area contributed by atoms with Gasteiger partial charge in [-0.15, -0.1) is 0 Å². The zero-order valence-electron chi connectivity index (χ0n) is 16.4. The number of halogens is 1. The first-order chi connectivity index (χ1) is 13.6. The normalized spacial score (nSPS) is 18.4. The van der Waals surface area contributed by atoms with Gasteiger partial charge in [0.1, 0.15) is 17.2 Å². The lowest BCUT2D eigenvalue weighted by molar-refractivity contribution is 0.0697. The summed E-state index contributed by atoms with van der Waals surface area (Å²) in [5, 5.41) is 0. The van der Waals surface area contributed by atoms with E-state index in [4.69, 9.17) is 4.98 Å². The molecule has 2 saturated heterocycles. The third kappa shape index (κ3) is 4.01. The smallest absolute Gasteiger partial charge is 0.259 e. The van der Waals surface area contributed by atoms with Crippen molar-refractivity contribution >= 4 is 11.7 Å². The molecule has 1 aromatic heterocycles. The molecule has 0 atom stereocenters. The lowest BCUT2D eigenvalue weighted by Gasteiger charge is -2.33. The summed E-state index contributed by atoms with van der Waals surface area (Å²) >= 11 is 0. The highest BCUT2D eigenvalue weighted by molar-refractivity contribution is 5.99. The quantitative estimate of drug-likeness (QED) is 0.800. The Morgan fingerprint density at radius 1 is 1.04 bits per heavy atom. The van der Waals surface area contributed by atoms with Gasteiger partial charge in [-0.25, -0.2) is 14.4 Å². The Kier molecular flexibility index (Phi) is 5.55. The summed E-state index contributed by atoms with van der Waals surface area (Å²) < 4.78 is 13.3. The van der Waals surface area contributed by atoms with Crippen LogP contribution in [0.2, 0.25) is 0 Å². The van der Waals surface area contributed by atoms with Crippen LogP contribution in [-0.4, -0.2) is 47.0 Å². The predicted molar refractivity (Wildman–Crippen MR) is 108 cm³/mol.